The van der Waals surface area contributed by atoms with Gasteiger partial charge in [0.1, 0.15) is 36.9 Å². The average molecular weight is 415 g/mol. The molecule has 2 aromatic rings. The third-order valence-corrected chi connectivity index (χ3v) is 4.84. The van der Waals surface area contributed by atoms with E-state index in [1.807, 2.05) is 36.4 Å². The van der Waals surface area contributed by atoms with Crippen LogP contribution >= 0.6 is 11.6 Å². The molecule has 0 saturated heterocycles. The Bertz CT molecular complexity index is 720. The lowest BCUT2D eigenvalue weighted by Gasteiger charge is -2.26. The molecule has 2 rings (SSSR count). The summed E-state index contributed by atoms with van der Waals surface area (Å²) >= 11 is 5.55. The fourth-order valence-electron chi connectivity index (χ4n) is 2.59. The quantitative estimate of drug-likeness (QED) is 0.577. The average Bonchev–Trinajstić information content (AvgIpc) is 2.70. The summed E-state index contributed by atoms with van der Waals surface area (Å²) in [5, 5.41) is 18.6. The Morgan fingerprint density at radius 2 is 1.29 bits per heavy atom. The van der Waals surface area contributed by atoms with Gasteiger partial charge >= 0.3 is 0 Å². The van der Waals surface area contributed by atoms with Crippen LogP contribution in [-0.4, -0.2) is 47.9 Å². The molecule has 2 N–H and O–H groups in total. The minimum Gasteiger partial charge on any atom is -0.491 e. The van der Waals surface area contributed by atoms with Crippen LogP contribution < -0.4 is 9.47 Å². The van der Waals surface area contributed by atoms with Crippen LogP contribution in [0.1, 0.15) is 25.0 Å². The van der Waals surface area contributed by atoms with Crippen molar-refractivity contribution in [3.05, 3.63) is 59.7 Å². The summed E-state index contributed by atoms with van der Waals surface area (Å²) in [5.41, 5.74) is 1.76. The minimum absolute atomic E-state index is 0.117. The van der Waals surface area contributed by atoms with Crippen molar-refractivity contribution in [2.24, 2.45) is 0 Å². The molecule has 2 unspecified atom stereocenters. The molecular weight excluding hydrogens is 390 g/mol. The second-order valence-corrected chi connectivity index (χ2v) is 7.31. The van der Waals surface area contributed by atoms with E-state index in [4.69, 9.17) is 26.2 Å². The van der Waals surface area contributed by atoms with Gasteiger partial charge in [-0.3, -0.25) is 0 Å². The minimum atomic E-state index is -2.83. The first-order valence-corrected chi connectivity index (χ1v) is 9.44. The van der Waals surface area contributed by atoms with E-state index in [9.17, 15) is 13.9 Å². The summed E-state index contributed by atoms with van der Waals surface area (Å²) in [5.74, 6) is 1.18. The lowest BCUT2D eigenvalue weighted by molar-refractivity contribution is -0.0283. The van der Waals surface area contributed by atoms with Crippen LogP contribution in [0, 0.1) is 0 Å². The van der Waals surface area contributed by atoms with E-state index in [0.717, 1.165) is 11.1 Å². The van der Waals surface area contributed by atoms with Gasteiger partial charge in [0.25, 0.3) is 6.43 Å². The normalized spacial score (nSPS) is 14.0. The highest BCUT2D eigenvalue weighted by Crippen LogP contribution is 2.33. The zero-order chi connectivity index (χ0) is 20.7. The fraction of sp³-hybridized carbons (Fsp3) is 0.429. The summed E-state index contributed by atoms with van der Waals surface area (Å²) in [6, 6.07) is 14.7. The Morgan fingerprint density at radius 3 is 1.68 bits per heavy atom. The molecule has 0 saturated carbocycles. The lowest BCUT2D eigenvalue weighted by atomic mass is 9.78. The van der Waals surface area contributed by atoms with Crippen LogP contribution in [-0.2, 0) is 5.41 Å². The maximum absolute atomic E-state index is 12.3. The van der Waals surface area contributed by atoms with Crippen LogP contribution in [0.5, 0.6) is 11.5 Å². The molecule has 0 aliphatic heterocycles. The molecule has 2 atom stereocenters. The molecule has 28 heavy (non-hydrogen) atoms. The van der Waals surface area contributed by atoms with E-state index in [1.165, 1.54) is 0 Å². The molecule has 0 radical (unpaired) electrons. The van der Waals surface area contributed by atoms with Crippen LogP contribution in [0.15, 0.2) is 48.5 Å². The summed E-state index contributed by atoms with van der Waals surface area (Å²) in [6.07, 6.45) is -5.34. The van der Waals surface area contributed by atoms with Crippen LogP contribution in [0.4, 0.5) is 8.78 Å². The van der Waals surface area contributed by atoms with Gasteiger partial charge in [-0.15, -0.1) is 11.6 Å². The first-order valence-electron chi connectivity index (χ1n) is 8.91. The zero-order valence-corrected chi connectivity index (χ0v) is 16.6. The fourth-order valence-corrected chi connectivity index (χ4v) is 2.68. The van der Waals surface area contributed by atoms with Gasteiger partial charge < -0.3 is 19.7 Å². The molecule has 4 nitrogen and oxygen atoms in total. The highest BCUT2D eigenvalue weighted by atomic mass is 35.5. The summed E-state index contributed by atoms with van der Waals surface area (Å²) in [4.78, 5) is 0. The second-order valence-electron chi connectivity index (χ2n) is 7.01. The number of halogens is 3. The van der Waals surface area contributed by atoms with Crippen molar-refractivity contribution in [1.82, 2.24) is 0 Å². The van der Waals surface area contributed by atoms with Gasteiger partial charge in [-0.2, -0.15) is 0 Å². The van der Waals surface area contributed by atoms with Gasteiger partial charge in [0.2, 0.25) is 0 Å². The summed E-state index contributed by atoms with van der Waals surface area (Å²) in [7, 11) is 0. The predicted molar refractivity (Wildman–Crippen MR) is 105 cm³/mol. The monoisotopic (exact) mass is 414 g/mol. The zero-order valence-electron chi connectivity index (χ0n) is 15.8. The molecule has 0 amide bonds. The molecule has 7 heteroatoms. The van der Waals surface area contributed by atoms with E-state index in [2.05, 4.69) is 13.8 Å². The first-order chi connectivity index (χ1) is 13.2. The van der Waals surface area contributed by atoms with Gasteiger partial charge in [-0.1, -0.05) is 38.1 Å². The lowest BCUT2D eigenvalue weighted by Crippen LogP contribution is -2.25. The summed E-state index contributed by atoms with van der Waals surface area (Å²) < 4.78 is 35.3. The topological polar surface area (TPSA) is 58.9 Å². The highest BCUT2D eigenvalue weighted by Gasteiger charge is 2.23. The Hall–Kier alpha value is -1.89. The van der Waals surface area contributed by atoms with Gasteiger partial charge in [-0.05, 0) is 35.4 Å². The number of alkyl halides is 3. The number of aliphatic hydroxyl groups is 2. The largest absolute Gasteiger partial charge is 0.491 e. The molecule has 2 aromatic carbocycles. The Morgan fingerprint density at radius 1 is 0.857 bits per heavy atom. The Labute approximate surface area is 168 Å². The van der Waals surface area contributed by atoms with Gasteiger partial charge in [0.05, 0.1) is 5.88 Å². The molecule has 154 valence electrons. The standard InChI is InChI=1S/C21H25ClF2O4/c1-21(2,14-3-7-17(8-4-14)27-12-16(25)11-22)15-5-9-18(10-6-15)28-13-19(26)20(23)24/h3-10,16,19-20,25-26H,11-13H2,1-2H3. The SMILES string of the molecule is CC(C)(c1ccc(OCC(O)CCl)cc1)c1ccc(OCC(O)C(F)F)cc1. The van der Waals surface area contributed by atoms with Crippen molar-refractivity contribution in [3.8, 4) is 11.5 Å². The van der Waals surface area contributed by atoms with Gasteiger partial charge in [-0.25, -0.2) is 8.78 Å². The van der Waals surface area contributed by atoms with E-state index in [-0.39, 0.29) is 17.9 Å². The van der Waals surface area contributed by atoms with Crippen molar-refractivity contribution >= 4 is 11.6 Å². The smallest absolute Gasteiger partial charge is 0.267 e. The number of aliphatic hydroxyl groups excluding tert-OH is 2. The number of benzene rings is 2. The van der Waals surface area contributed by atoms with Gasteiger partial charge in [0, 0.05) is 5.41 Å². The molecule has 0 heterocycles. The van der Waals surface area contributed by atoms with Crippen molar-refractivity contribution in [2.45, 2.75) is 37.9 Å². The first kappa shape index (κ1) is 22.4. The summed E-state index contributed by atoms with van der Waals surface area (Å²) in [6.45, 7) is 3.81. The van der Waals surface area contributed by atoms with E-state index in [1.54, 1.807) is 12.1 Å². The number of ether oxygens (including phenoxy) is 2. The molecule has 0 aliphatic rings. The third-order valence-electron chi connectivity index (χ3n) is 4.48. The van der Waals surface area contributed by atoms with Crippen molar-refractivity contribution in [1.29, 1.82) is 0 Å². The second kappa shape index (κ2) is 10.0. The van der Waals surface area contributed by atoms with Crippen molar-refractivity contribution in [3.63, 3.8) is 0 Å². The number of rotatable bonds is 10. The molecule has 0 fully saturated rings. The van der Waals surface area contributed by atoms with Gasteiger partial charge in [0.15, 0.2) is 0 Å². The predicted octanol–water partition coefficient (Wildman–Crippen LogP) is 4.00. The number of hydrogen-bond donors (Lipinski definition) is 2. The number of hydrogen-bond acceptors (Lipinski definition) is 4. The van der Waals surface area contributed by atoms with E-state index >= 15 is 0 Å². The molecule has 0 aromatic heterocycles. The molecule has 0 bridgehead atoms. The molecular formula is C21H25ClF2O4. The Kier molecular flexibility index (Phi) is 8.04. The molecule has 0 aliphatic carbocycles. The molecule has 0 spiro atoms. The van der Waals surface area contributed by atoms with Crippen LogP contribution in [0.2, 0.25) is 0 Å². The van der Waals surface area contributed by atoms with Crippen molar-refractivity contribution in [2.75, 3.05) is 19.1 Å². The van der Waals surface area contributed by atoms with Crippen LogP contribution in [0.25, 0.3) is 0 Å². The maximum atomic E-state index is 12.3. The van der Waals surface area contributed by atoms with Crippen molar-refractivity contribution < 1.29 is 28.5 Å². The third kappa shape index (κ3) is 6.06. The Balaban J connectivity index is 2.03. The highest BCUT2D eigenvalue weighted by molar-refractivity contribution is 6.18. The van der Waals surface area contributed by atoms with E-state index < -0.39 is 25.2 Å². The maximum Gasteiger partial charge on any atom is 0.267 e. The van der Waals surface area contributed by atoms with Crippen LogP contribution in [0.3, 0.4) is 0 Å². The van der Waals surface area contributed by atoms with E-state index in [0.29, 0.717) is 11.5 Å².